The molecule has 0 spiro atoms. The van der Waals surface area contributed by atoms with Crippen LogP contribution in [0.5, 0.6) is 0 Å². The molecule has 1 N–H and O–H groups in total. The van der Waals surface area contributed by atoms with Crippen LogP contribution in [0.1, 0.15) is 37.2 Å². The van der Waals surface area contributed by atoms with Gasteiger partial charge in [-0.25, -0.2) is 0 Å². The first-order valence-electron chi connectivity index (χ1n) is 6.15. The van der Waals surface area contributed by atoms with E-state index in [-0.39, 0.29) is 0 Å². The van der Waals surface area contributed by atoms with Gasteiger partial charge in [-0.1, -0.05) is 12.8 Å². The summed E-state index contributed by atoms with van der Waals surface area (Å²) in [5, 5.41) is 3.41. The molecule has 0 atom stereocenters. The molecular formula is C13H21NO2. The number of ether oxygens (including phenoxy) is 1. The average Bonchev–Trinajstić information content (AvgIpc) is 2.99. The number of furan rings is 1. The first-order chi connectivity index (χ1) is 7.88. The van der Waals surface area contributed by atoms with Crippen LogP contribution < -0.4 is 5.32 Å². The average molecular weight is 223 g/mol. The standard InChI is InChI=1S/C13H21NO2/c1-15-10-13-7-6-12(16-13)9-14-8-2-3-11-4-5-11/h6-7,11,14H,2-5,8-10H2,1H3. The summed E-state index contributed by atoms with van der Waals surface area (Å²) in [5.74, 6) is 2.94. The molecular weight excluding hydrogens is 202 g/mol. The molecule has 0 unspecified atom stereocenters. The van der Waals surface area contributed by atoms with Crippen molar-refractivity contribution >= 4 is 0 Å². The Bertz CT molecular complexity index is 305. The van der Waals surface area contributed by atoms with E-state index in [0.717, 1.165) is 30.5 Å². The van der Waals surface area contributed by atoms with Gasteiger partial charge in [0.1, 0.15) is 18.1 Å². The van der Waals surface area contributed by atoms with Crippen molar-refractivity contribution in [1.82, 2.24) is 5.32 Å². The van der Waals surface area contributed by atoms with Crippen LogP contribution in [0.15, 0.2) is 16.5 Å². The highest BCUT2D eigenvalue weighted by Gasteiger charge is 2.19. The molecule has 2 rings (SSSR count). The monoisotopic (exact) mass is 223 g/mol. The Balaban J connectivity index is 1.56. The van der Waals surface area contributed by atoms with Gasteiger partial charge in [-0.05, 0) is 37.4 Å². The highest BCUT2D eigenvalue weighted by molar-refractivity contribution is 5.06. The van der Waals surface area contributed by atoms with Crippen molar-refractivity contribution in [3.05, 3.63) is 23.7 Å². The molecule has 0 radical (unpaired) electrons. The van der Waals surface area contributed by atoms with Gasteiger partial charge in [0, 0.05) is 7.11 Å². The van der Waals surface area contributed by atoms with Crippen LogP contribution in [0, 0.1) is 5.92 Å². The second kappa shape index (κ2) is 6.06. The van der Waals surface area contributed by atoms with Crippen molar-refractivity contribution in [2.75, 3.05) is 13.7 Å². The Morgan fingerprint density at radius 1 is 1.38 bits per heavy atom. The molecule has 3 nitrogen and oxygen atoms in total. The van der Waals surface area contributed by atoms with E-state index in [2.05, 4.69) is 5.32 Å². The van der Waals surface area contributed by atoms with E-state index >= 15 is 0 Å². The third-order valence-corrected chi connectivity index (χ3v) is 2.97. The third-order valence-electron chi connectivity index (χ3n) is 2.97. The van der Waals surface area contributed by atoms with Crippen LogP contribution in [0.3, 0.4) is 0 Å². The maximum absolute atomic E-state index is 5.58. The van der Waals surface area contributed by atoms with Gasteiger partial charge in [-0.3, -0.25) is 0 Å². The summed E-state index contributed by atoms with van der Waals surface area (Å²) < 4.78 is 10.6. The molecule has 0 amide bonds. The fourth-order valence-corrected chi connectivity index (χ4v) is 1.87. The second-order valence-corrected chi connectivity index (χ2v) is 4.56. The number of hydrogen-bond acceptors (Lipinski definition) is 3. The van der Waals surface area contributed by atoms with Crippen molar-refractivity contribution in [1.29, 1.82) is 0 Å². The lowest BCUT2D eigenvalue weighted by Crippen LogP contribution is -2.14. The normalized spacial score (nSPS) is 15.6. The fourth-order valence-electron chi connectivity index (χ4n) is 1.87. The minimum absolute atomic E-state index is 0.557. The van der Waals surface area contributed by atoms with Crippen LogP contribution in [-0.4, -0.2) is 13.7 Å². The van der Waals surface area contributed by atoms with E-state index in [1.807, 2.05) is 12.1 Å². The van der Waals surface area contributed by atoms with Crippen LogP contribution in [0.4, 0.5) is 0 Å². The highest BCUT2D eigenvalue weighted by atomic mass is 16.5. The summed E-state index contributed by atoms with van der Waals surface area (Å²) >= 11 is 0. The quantitative estimate of drug-likeness (QED) is 0.688. The van der Waals surface area contributed by atoms with Gasteiger partial charge < -0.3 is 14.5 Å². The number of nitrogens with one attached hydrogen (secondary N) is 1. The van der Waals surface area contributed by atoms with Crippen molar-refractivity contribution in [3.63, 3.8) is 0 Å². The van der Waals surface area contributed by atoms with Crippen molar-refractivity contribution in [3.8, 4) is 0 Å². The Morgan fingerprint density at radius 2 is 2.19 bits per heavy atom. The van der Waals surface area contributed by atoms with E-state index in [9.17, 15) is 0 Å². The Morgan fingerprint density at radius 3 is 2.94 bits per heavy atom. The van der Waals surface area contributed by atoms with E-state index in [1.54, 1.807) is 7.11 Å². The molecule has 3 heteroatoms. The molecule has 0 aliphatic heterocycles. The molecule has 0 aromatic carbocycles. The zero-order valence-corrected chi connectivity index (χ0v) is 10.00. The topological polar surface area (TPSA) is 34.4 Å². The molecule has 1 heterocycles. The second-order valence-electron chi connectivity index (χ2n) is 4.56. The predicted octanol–water partition coefficient (Wildman–Crippen LogP) is 2.71. The minimum atomic E-state index is 0.557. The molecule has 16 heavy (non-hydrogen) atoms. The first-order valence-corrected chi connectivity index (χ1v) is 6.15. The minimum Gasteiger partial charge on any atom is -0.462 e. The fraction of sp³-hybridized carbons (Fsp3) is 0.692. The molecule has 90 valence electrons. The first kappa shape index (κ1) is 11.7. The van der Waals surface area contributed by atoms with E-state index in [0.29, 0.717) is 6.61 Å². The van der Waals surface area contributed by atoms with Gasteiger partial charge >= 0.3 is 0 Å². The van der Waals surface area contributed by atoms with Gasteiger partial charge in [-0.15, -0.1) is 0 Å². The SMILES string of the molecule is COCc1ccc(CNCCCC2CC2)o1. The van der Waals surface area contributed by atoms with Crippen LogP contribution in [0.25, 0.3) is 0 Å². The number of hydrogen-bond donors (Lipinski definition) is 1. The zero-order valence-electron chi connectivity index (χ0n) is 10.00. The van der Waals surface area contributed by atoms with Crippen molar-refractivity contribution in [2.24, 2.45) is 5.92 Å². The van der Waals surface area contributed by atoms with Gasteiger partial charge in [0.15, 0.2) is 0 Å². The van der Waals surface area contributed by atoms with Crippen LogP contribution >= 0.6 is 0 Å². The summed E-state index contributed by atoms with van der Waals surface area (Å²) in [6.45, 7) is 2.48. The maximum atomic E-state index is 5.58. The number of methoxy groups -OCH3 is 1. The predicted molar refractivity (Wildman–Crippen MR) is 63.1 cm³/mol. The number of rotatable bonds is 8. The summed E-state index contributed by atoms with van der Waals surface area (Å²) in [4.78, 5) is 0. The van der Waals surface area contributed by atoms with Gasteiger partial charge in [0.05, 0.1) is 6.54 Å². The molecule has 0 saturated heterocycles. The molecule has 1 aliphatic carbocycles. The summed E-state index contributed by atoms with van der Waals surface area (Å²) in [6.07, 6.45) is 5.59. The lowest BCUT2D eigenvalue weighted by atomic mass is 10.2. The van der Waals surface area contributed by atoms with E-state index in [4.69, 9.17) is 9.15 Å². The Labute approximate surface area is 97.2 Å². The van der Waals surface area contributed by atoms with E-state index < -0.39 is 0 Å². The highest BCUT2D eigenvalue weighted by Crippen LogP contribution is 2.33. The van der Waals surface area contributed by atoms with Gasteiger partial charge in [0.25, 0.3) is 0 Å². The molecule has 1 aromatic heterocycles. The Hall–Kier alpha value is -0.800. The maximum Gasteiger partial charge on any atom is 0.129 e. The Kier molecular flexibility index (Phi) is 4.43. The summed E-state index contributed by atoms with van der Waals surface area (Å²) in [5.41, 5.74) is 0. The molecule has 0 bridgehead atoms. The smallest absolute Gasteiger partial charge is 0.129 e. The third kappa shape index (κ3) is 3.99. The zero-order chi connectivity index (χ0) is 11.2. The van der Waals surface area contributed by atoms with Gasteiger partial charge in [0.2, 0.25) is 0 Å². The molecule has 1 aromatic rings. The largest absolute Gasteiger partial charge is 0.462 e. The van der Waals surface area contributed by atoms with Crippen LogP contribution in [0.2, 0.25) is 0 Å². The lowest BCUT2D eigenvalue weighted by molar-refractivity contribution is 0.162. The summed E-state index contributed by atoms with van der Waals surface area (Å²) in [6, 6.07) is 3.99. The van der Waals surface area contributed by atoms with Gasteiger partial charge in [-0.2, -0.15) is 0 Å². The molecule has 1 aliphatic rings. The van der Waals surface area contributed by atoms with Crippen molar-refractivity contribution in [2.45, 2.75) is 38.8 Å². The lowest BCUT2D eigenvalue weighted by Gasteiger charge is -2.01. The van der Waals surface area contributed by atoms with Crippen LogP contribution in [-0.2, 0) is 17.9 Å². The van der Waals surface area contributed by atoms with Crippen molar-refractivity contribution < 1.29 is 9.15 Å². The summed E-state index contributed by atoms with van der Waals surface area (Å²) in [7, 11) is 1.68. The molecule has 1 fully saturated rings. The van der Waals surface area contributed by atoms with E-state index in [1.165, 1.54) is 25.7 Å². The molecule has 1 saturated carbocycles.